The Kier molecular flexibility index (Phi) is 5.60. The van der Waals surface area contributed by atoms with Crippen molar-refractivity contribution in [3.63, 3.8) is 0 Å². The fraction of sp³-hybridized carbons (Fsp3) is 0.211. The van der Waals surface area contributed by atoms with E-state index in [0.29, 0.717) is 11.8 Å². The van der Waals surface area contributed by atoms with Crippen molar-refractivity contribution in [2.24, 2.45) is 0 Å². The minimum absolute atomic E-state index is 0.221. The third-order valence-corrected chi connectivity index (χ3v) is 3.64. The van der Waals surface area contributed by atoms with Gasteiger partial charge in [0.05, 0.1) is 11.4 Å². The van der Waals surface area contributed by atoms with E-state index in [4.69, 9.17) is 0 Å². The smallest absolute Gasteiger partial charge is 0.225 e. The number of phenolic OH excluding ortho intramolecular Hbond substituents is 1. The van der Waals surface area contributed by atoms with E-state index >= 15 is 0 Å². The van der Waals surface area contributed by atoms with E-state index in [1.165, 1.54) is 0 Å². The molecule has 0 fully saturated rings. The van der Waals surface area contributed by atoms with E-state index in [1.54, 1.807) is 30.5 Å². The molecule has 0 aliphatic carbocycles. The molecule has 0 aliphatic rings. The Morgan fingerprint density at radius 1 is 1.00 bits per heavy atom. The van der Waals surface area contributed by atoms with Crippen molar-refractivity contribution in [3.8, 4) is 17.1 Å². The summed E-state index contributed by atoms with van der Waals surface area (Å²) in [6.45, 7) is 1.61. The number of aromatic nitrogens is 3. The monoisotopic (exact) mass is 350 g/mol. The summed E-state index contributed by atoms with van der Waals surface area (Å²) in [6, 6.07) is 14.4. The minimum atomic E-state index is 0.221. The van der Waals surface area contributed by atoms with Gasteiger partial charge in [0, 0.05) is 31.0 Å². The number of rotatable bonds is 7. The molecule has 0 amide bonds. The highest BCUT2D eigenvalue weighted by atomic mass is 16.3. The van der Waals surface area contributed by atoms with Crippen molar-refractivity contribution in [2.45, 2.75) is 0 Å². The Balaban J connectivity index is 1.87. The summed E-state index contributed by atoms with van der Waals surface area (Å²) in [6.07, 6.45) is 1.74. The highest BCUT2D eigenvalue weighted by Crippen LogP contribution is 2.23. The number of hydrogen-bond acceptors (Lipinski definition) is 7. The summed E-state index contributed by atoms with van der Waals surface area (Å²) < 4.78 is 0. The van der Waals surface area contributed by atoms with Crippen LogP contribution in [0.1, 0.15) is 0 Å². The lowest BCUT2D eigenvalue weighted by atomic mass is 10.2. The van der Waals surface area contributed by atoms with Crippen molar-refractivity contribution in [1.82, 2.24) is 19.9 Å². The predicted molar refractivity (Wildman–Crippen MR) is 104 cm³/mol. The van der Waals surface area contributed by atoms with Crippen molar-refractivity contribution >= 4 is 17.5 Å². The van der Waals surface area contributed by atoms with E-state index in [-0.39, 0.29) is 5.75 Å². The molecule has 0 unspecified atom stereocenters. The van der Waals surface area contributed by atoms with Crippen LogP contribution in [-0.2, 0) is 0 Å². The second kappa shape index (κ2) is 8.26. The summed E-state index contributed by atoms with van der Waals surface area (Å²) >= 11 is 0. The SMILES string of the molecule is CN(C)CCNc1nc(Nc2ccc(O)cc2)cc(-c2ccccn2)n1. The number of benzene rings is 1. The third kappa shape index (κ3) is 4.90. The van der Waals surface area contributed by atoms with Gasteiger partial charge in [-0.3, -0.25) is 4.98 Å². The number of aromatic hydroxyl groups is 1. The van der Waals surface area contributed by atoms with Gasteiger partial charge in [0.1, 0.15) is 11.6 Å². The molecule has 26 heavy (non-hydrogen) atoms. The average Bonchev–Trinajstić information content (AvgIpc) is 2.64. The molecule has 0 radical (unpaired) electrons. The molecular weight excluding hydrogens is 328 g/mol. The Bertz CT molecular complexity index is 836. The molecule has 0 saturated heterocycles. The quantitative estimate of drug-likeness (QED) is 0.565. The van der Waals surface area contributed by atoms with Gasteiger partial charge in [0.2, 0.25) is 5.95 Å². The Labute approximate surface area is 152 Å². The Morgan fingerprint density at radius 2 is 1.81 bits per heavy atom. The molecule has 134 valence electrons. The summed E-state index contributed by atoms with van der Waals surface area (Å²) in [7, 11) is 4.04. The second-order valence-corrected chi connectivity index (χ2v) is 6.08. The van der Waals surface area contributed by atoms with Gasteiger partial charge in [-0.25, -0.2) is 4.98 Å². The van der Waals surface area contributed by atoms with Gasteiger partial charge >= 0.3 is 0 Å². The lowest BCUT2D eigenvalue weighted by Gasteiger charge is -2.13. The molecular formula is C19H22N6O. The van der Waals surface area contributed by atoms with Crippen molar-refractivity contribution in [2.75, 3.05) is 37.8 Å². The van der Waals surface area contributed by atoms with Gasteiger partial charge in [0.25, 0.3) is 0 Å². The molecule has 3 rings (SSSR count). The number of phenols is 1. The topological polar surface area (TPSA) is 86.2 Å². The fourth-order valence-corrected chi connectivity index (χ4v) is 2.32. The summed E-state index contributed by atoms with van der Waals surface area (Å²) in [5.41, 5.74) is 2.33. The zero-order chi connectivity index (χ0) is 18.4. The first kappa shape index (κ1) is 17.6. The van der Waals surface area contributed by atoms with E-state index in [2.05, 4.69) is 30.5 Å². The van der Waals surface area contributed by atoms with Crippen LogP contribution in [0.25, 0.3) is 11.4 Å². The van der Waals surface area contributed by atoms with Crippen LogP contribution in [0.2, 0.25) is 0 Å². The number of hydrogen-bond donors (Lipinski definition) is 3. The van der Waals surface area contributed by atoms with E-state index in [1.807, 2.05) is 38.4 Å². The first-order chi connectivity index (χ1) is 12.6. The number of nitrogens with one attached hydrogen (secondary N) is 2. The van der Waals surface area contributed by atoms with Gasteiger partial charge in [-0.2, -0.15) is 4.98 Å². The third-order valence-electron chi connectivity index (χ3n) is 3.64. The maximum Gasteiger partial charge on any atom is 0.225 e. The van der Waals surface area contributed by atoms with Crippen LogP contribution in [0.4, 0.5) is 17.5 Å². The highest BCUT2D eigenvalue weighted by Gasteiger charge is 2.08. The molecule has 2 heterocycles. The molecule has 3 aromatic rings. The molecule has 1 aromatic carbocycles. The maximum absolute atomic E-state index is 9.43. The summed E-state index contributed by atoms with van der Waals surface area (Å²) in [5.74, 6) is 1.41. The van der Waals surface area contributed by atoms with Crippen LogP contribution < -0.4 is 10.6 Å². The molecule has 7 nitrogen and oxygen atoms in total. The van der Waals surface area contributed by atoms with Gasteiger partial charge in [-0.05, 0) is 50.5 Å². The lowest BCUT2D eigenvalue weighted by Crippen LogP contribution is -2.21. The molecule has 2 aromatic heterocycles. The molecule has 3 N–H and O–H groups in total. The van der Waals surface area contributed by atoms with Crippen LogP contribution in [0.5, 0.6) is 5.75 Å². The van der Waals surface area contributed by atoms with E-state index in [9.17, 15) is 5.11 Å². The Hall–Kier alpha value is -3.19. The predicted octanol–water partition coefficient (Wildman–Crippen LogP) is 2.96. The molecule has 0 bridgehead atoms. The fourth-order valence-electron chi connectivity index (χ4n) is 2.32. The van der Waals surface area contributed by atoms with E-state index < -0.39 is 0 Å². The number of pyridine rings is 1. The van der Waals surface area contributed by atoms with Crippen LogP contribution in [0.15, 0.2) is 54.7 Å². The summed E-state index contributed by atoms with van der Waals surface area (Å²) in [5, 5.41) is 15.9. The zero-order valence-electron chi connectivity index (χ0n) is 14.8. The first-order valence-corrected chi connectivity index (χ1v) is 8.35. The standard InChI is InChI=1S/C19H22N6O/c1-25(2)12-11-21-19-23-17(16-5-3-4-10-20-16)13-18(24-19)22-14-6-8-15(26)9-7-14/h3-10,13,26H,11-12H2,1-2H3,(H2,21,22,23,24). The molecule has 0 atom stereocenters. The normalized spacial score (nSPS) is 10.7. The van der Waals surface area contributed by atoms with Crippen LogP contribution >= 0.6 is 0 Å². The highest BCUT2D eigenvalue weighted by molar-refractivity contribution is 5.65. The lowest BCUT2D eigenvalue weighted by molar-refractivity contribution is 0.425. The van der Waals surface area contributed by atoms with Gasteiger partial charge < -0.3 is 20.6 Å². The first-order valence-electron chi connectivity index (χ1n) is 8.35. The zero-order valence-corrected chi connectivity index (χ0v) is 14.8. The van der Waals surface area contributed by atoms with E-state index in [0.717, 1.165) is 30.2 Å². The number of likely N-dealkylation sites (N-methyl/N-ethyl adjacent to an activating group) is 1. The molecule has 0 saturated carbocycles. The molecule has 0 aliphatic heterocycles. The minimum Gasteiger partial charge on any atom is -0.508 e. The van der Waals surface area contributed by atoms with Crippen molar-refractivity contribution < 1.29 is 5.11 Å². The Morgan fingerprint density at radius 3 is 2.50 bits per heavy atom. The number of anilines is 3. The maximum atomic E-state index is 9.43. The molecule has 0 spiro atoms. The van der Waals surface area contributed by atoms with Gasteiger partial charge in [0.15, 0.2) is 0 Å². The van der Waals surface area contributed by atoms with Gasteiger partial charge in [-0.15, -0.1) is 0 Å². The van der Waals surface area contributed by atoms with Crippen molar-refractivity contribution in [1.29, 1.82) is 0 Å². The number of nitrogens with zero attached hydrogens (tertiary/aromatic N) is 4. The van der Waals surface area contributed by atoms with Crippen LogP contribution in [0.3, 0.4) is 0 Å². The molecule has 7 heteroatoms. The average molecular weight is 350 g/mol. The van der Waals surface area contributed by atoms with Crippen molar-refractivity contribution in [3.05, 3.63) is 54.7 Å². The van der Waals surface area contributed by atoms with Crippen LogP contribution in [0, 0.1) is 0 Å². The van der Waals surface area contributed by atoms with Gasteiger partial charge in [-0.1, -0.05) is 6.07 Å². The van der Waals surface area contributed by atoms with Crippen LogP contribution in [-0.4, -0.2) is 52.1 Å². The largest absolute Gasteiger partial charge is 0.508 e. The summed E-state index contributed by atoms with van der Waals surface area (Å²) in [4.78, 5) is 15.6. The second-order valence-electron chi connectivity index (χ2n) is 6.08.